The highest BCUT2D eigenvalue weighted by molar-refractivity contribution is 5.65. The first-order chi connectivity index (χ1) is 9.75. The summed E-state index contributed by atoms with van der Waals surface area (Å²) >= 11 is 0. The Morgan fingerprint density at radius 2 is 2.05 bits per heavy atom. The van der Waals surface area contributed by atoms with E-state index < -0.39 is 0 Å². The van der Waals surface area contributed by atoms with Crippen LogP contribution in [0.2, 0.25) is 0 Å². The van der Waals surface area contributed by atoms with Crippen LogP contribution in [-0.2, 0) is 6.54 Å². The van der Waals surface area contributed by atoms with E-state index in [1.807, 2.05) is 31.3 Å². The second kappa shape index (κ2) is 5.46. The maximum atomic E-state index is 4.65. The standard InChI is InChI=1S/C15H19N5/c1-19(2)15-17-8-7-14(18-15)20-10-9-16-11-12-5-3-4-6-13(12)20/h3-8,16H,9-11H2,1-2H3. The average Bonchev–Trinajstić information content (AvgIpc) is 2.69. The Morgan fingerprint density at radius 1 is 1.20 bits per heavy atom. The molecule has 0 spiro atoms. The van der Waals surface area contributed by atoms with Crippen molar-refractivity contribution in [2.75, 3.05) is 37.0 Å². The van der Waals surface area contributed by atoms with E-state index in [2.05, 4.69) is 44.5 Å². The molecule has 0 atom stereocenters. The van der Waals surface area contributed by atoms with Gasteiger partial charge in [0.05, 0.1) is 0 Å². The minimum atomic E-state index is 0.734. The number of benzene rings is 1. The Morgan fingerprint density at radius 3 is 2.90 bits per heavy atom. The molecule has 1 aromatic carbocycles. The van der Waals surface area contributed by atoms with Crippen molar-refractivity contribution in [1.82, 2.24) is 15.3 Å². The van der Waals surface area contributed by atoms with Gasteiger partial charge in [-0.3, -0.25) is 0 Å². The van der Waals surface area contributed by atoms with E-state index in [1.54, 1.807) is 0 Å². The number of rotatable bonds is 2. The van der Waals surface area contributed by atoms with E-state index in [-0.39, 0.29) is 0 Å². The second-order valence-electron chi connectivity index (χ2n) is 5.07. The zero-order valence-corrected chi connectivity index (χ0v) is 11.9. The number of fused-ring (bicyclic) bond motifs is 1. The molecule has 20 heavy (non-hydrogen) atoms. The van der Waals surface area contributed by atoms with E-state index in [1.165, 1.54) is 11.3 Å². The van der Waals surface area contributed by atoms with Crippen molar-refractivity contribution >= 4 is 17.5 Å². The number of hydrogen-bond donors (Lipinski definition) is 1. The van der Waals surface area contributed by atoms with Crippen LogP contribution in [0.4, 0.5) is 17.5 Å². The number of hydrogen-bond acceptors (Lipinski definition) is 5. The van der Waals surface area contributed by atoms with Crippen molar-refractivity contribution in [3.8, 4) is 0 Å². The zero-order valence-electron chi connectivity index (χ0n) is 11.9. The molecular formula is C15H19N5. The lowest BCUT2D eigenvalue weighted by Crippen LogP contribution is -2.26. The molecule has 104 valence electrons. The highest BCUT2D eigenvalue weighted by Gasteiger charge is 2.17. The van der Waals surface area contributed by atoms with E-state index in [9.17, 15) is 0 Å². The predicted molar refractivity (Wildman–Crippen MR) is 81.5 cm³/mol. The second-order valence-corrected chi connectivity index (χ2v) is 5.07. The predicted octanol–water partition coefficient (Wildman–Crippen LogP) is 1.78. The fraction of sp³-hybridized carbons (Fsp3) is 0.333. The molecule has 0 unspecified atom stereocenters. The van der Waals surface area contributed by atoms with Crippen molar-refractivity contribution in [3.63, 3.8) is 0 Å². The Balaban J connectivity index is 2.03. The summed E-state index contributed by atoms with van der Waals surface area (Å²) in [4.78, 5) is 13.1. The highest BCUT2D eigenvalue weighted by atomic mass is 15.3. The highest BCUT2D eigenvalue weighted by Crippen LogP contribution is 2.28. The molecule has 0 fully saturated rings. The topological polar surface area (TPSA) is 44.3 Å². The SMILES string of the molecule is CN(C)c1nccc(N2CCNCc3ccccc32)n1. The third kappa shape index (κ3) is 2.44. The van der Waals surface area contributed by atoms with Crippen molar-refractivity contribution < 1.29 is 0 Å². The van der Waals surface area contributed by atoms with Crippen molar-refractivity contribution in [2.24, 2.45) is 0 Å². The summed E-state index contributed by atoms with van der Waals surface area (Å²) in [6.45, 7) is 2.75. The quantitative estimate of drug-likeness (QED) is 0.900. The summed E-state index contributed by atoms with van der Waals surface area (Å²) in [7, 11) is 3.91. The van der Waals surface area contributed by atoms with Gasteiger partial charge in [-0.15, -0.1) is 0 Å². The first-order valence-electron chi connectivity index (χ1n) is 6.82. The van der Waals surface area contributed by atoms with Crippen LogP contribution >= 0.6 is 0 Å². The van der Waals surface area contributed by atoms with Gasteiger partial charge in [0.25, 0.3) is 0 Å². The van der Waals surface area contributed by atoms with Gasteiger partial charge in [0.1, 0.15) is 5.82 Å². The molecule has 0 amide bonds. The fourth-order valence-electron chi connectivity index (χ4n) is 2.40. The average molecular weight is 269 g/mol. The number of para-hydroxylation sites is 1. The molecule has 5 nitrogen and oxygen atoms in total. The van der Waals surface area contributed by atoms with Gasteiger partial charge in [-0.05, 0) is 17.7 Å². The Hall–Kier alpha value is -2.14. The van der Waals surface area contributed by atoms with Crippen molar-refractivity contribution in [2.45, 2.75) is 6.54 Å². The number of nitrogens with one attached hydrogen (secondary N) is 1. The summed E-state index contributed by atoms with van der Waals surface area (Å²) in [6, 6.07) is 10.4. The van der Waals surface area contributed by atoms with Crippen LogP contribution in [0.15, 0.2) is 36.5 Å². The van der Waals surface area contributed by atoms with Crippen LogP contribution in [-0.4, -0.2) is 37.2 Å². The lowest BCUT2D eigenvalue weighted by Gasteiger charge is -2.24. The molecule has 1 aliphatic heterocycles. The molecule has 0 aliphatic carbocycles. The van der Waals surface area contributed by atoms with Gasteiger partial charge in [0.15, 0.2) is 0 Å². The number of anilines is 3. The minimum Gasteiger partial charge on any atom is -0.347 e. The molecule has 2 heterocycles. The van der Waals surface area contributed by atoms with Gasteiger partial charge in [0.2, 0.25) is 5.95 Å². The summed E-state index contributed by atoms with van der Waals surface area (Å²) in [5.74, 6) is 1.68. The lowest BCUT2D eigenvalue weighted by atomic mass is 10.1. The summed E-state index contributed by atoms with van der Waals surface area (Å²) < 4.78 is 0. The van der Waals surface area contributed by atoms with Crippen LogP contribution in [0.1, 0.15) is 5.56 Å². The van der Waals surface area contributed by atoms with E-state index in [0.29, 0.717) is 0 Å². The van der Waals surface area contributed by atoms with Gasteiger partial charge in [-0.1, -0.05) is 18.2 Å². The van der Waals surface area contributed by atoms with Gasteiger partial charge in [0, 0.05) is 45.6 Å². The molecule has 0 saturated heterocycles. The van der Waals surface area contributed by atoms with E-state index in [0.717, 1.165) is 31.4 Å². The van der Waals surface area contributed by atoms with Crippen LogP contribution in [0.5, 0.6) is 0 Å². The molecular weight excluding hydrogens is 250 g/mol. The van der Waals surface area contributed by atoms with E-state index in [4.69, 9.17) is 0 Å². The minimum absolute atomic E-state index is 0.734. The molecule has 3 rings (SSSR count). The number of nitrogens with zero attached hydrogens (tertiary/aromatic N) is 4. The monoisotopic (exact) mass is 269 g/mol. The van der Waals surface area contributed by atoms with Gasteiger partial charge < -0.3 is 15.1 Å². The maximum Gasteiger partial charge on any atom is 0.226 e. The third-order valence-corrected chi connectivity index (χ3v) is 3.41. The van der Waals surface area contributed by atoms with Crippen molar-refractivity contribution in [3.05, 3.63) is 42.1 Å². The first-order valence-corrected chi connectivity index (χ1v) is 6.82. The van der Waals surface area contributed by atoms with E-state index >= 15 is 0 Å². The molecule has 2 aromatic rings. The summed E-state index contributed by atoms with van der Waals surface area (Å²) in [6.07, 6.45) is 1.82. The normalized spacial score (nSPS) is 14.6. The van der Waals surface area contributed by atoms with Gasteiger partial charge in [-0.25, -0.2) is 4.98 Å². The molecule has 1 N–H and O–H groups in total. The zero-order chi connectivity index (χ0) is 13.9. The molecule has 0 radical (unpaired) electrons. The maximum absolute atomic E-state index is 4.65. The largest absolute Gasteiger partial charge is 0.347 e. The molecule has 1 aliphatic rings. The molecule has 0 bridgehead atoms. The summed E-state index contributed by atoms with van der Waals surface area (Å²) in [5.41, 5.74) is 2.52. The molecule has 0 saturated carbocycles. The number of aromatic nitrogens is 2. The Bertz CT molecular complexity index is 596. The van der Waals surface area contributed by atoms with Crippen LogP contribution in [0, 0.1) is 0 Å². The third-order valence-electron chi connectivity index (χ3n) is 3.41. The van der Waals surface area contributed by atoms with Crippen LogP contribution < -0.4 is 15.1 Å². The Labute approximate surface area is 119 Å². The summed E-state index contributed by atoms with van der Waals surface area (Å²) in [5, 5.41) is 3.45. The smallest absolute Gasteiger partial charge is 0.226 e. The molecule has 5 heteroatoms. The Kier molecular flexibility index (Phi) is 3.52. The van der Waals surface area contributed by atoms with Gasteiger partial charge in [-0.2, -0.15) is 4.98 Å². The molecule has 1 aromatic heterocycles. The van der Waals surface area contributed by atoms with Crippen molar-refractivity contribution in [1.29, 1.82) is 0 Å². The van der Waals surface area contributed by atoms with Gasteiger partial charge >= 0.3 is 0 Å². The lowest BCUT2D eigenvalue weighted by molar-refractivity contribution is 0.710. The fourth-order valence-corrected chi connectivity index (χ4v) is 2.40. The van der Waals surface area contributed by atoms with Crippen LogP contribution in [0.25, 0.3) is 0 Å². The first kappa shape index (κ1) is 12.9. The van der Waals surface area contributed by atoms with Crippen LogP contribution in [0.3, 0.4) is 0 Å².